The van der Waals surface area contributed by atoms with E-state index >= 15 is 0 Å². The van der Waals surface area contributed by atoms with Gasteiger partial charge < -0.3 is 5.32 Å². The number of amides is 1. The second-order valence-electron chi connectivity index (χ2n) is 6.40. The Hall–Kier alpha value is -1.08. The van der Waals surface area contributed by atoms with Crippen molar-refractivity contribution in [2.75, 3.05) is 0 Å². The third kappa shape index (κ3) is 3.77. The van der Waals surface area contributed by atoms with Gasteiger partial charge in [-0.25, -0.2) is 8.42 Å². The minimum absolute atomic E-state index is 0.0316. The first kappa shape index (κ1) is 16.3. The number of aromatic amines is 1. The first-order valence-corrected chi connectivity index (χ1v) is 9.21. The lowest BCUT2D eigenvalue weighted by molar-refractivity contribution is 0.0894. The summed E-state index contributed by atoms with van der Waals surface area (Å²) in [7, 11) is 1.36. The van der Waals surface area contributed by atoms with Crippen LogP contribution in [0.15, 0.2) is 4.90 Å². The van der Waals surface area contributed by atoms with Gasteiger partial charge in [0.25, 0.3) is 15.0 Å². The van der Waals surface area contributed by atoms with E-state index in [2.05, 4.69) is 29.4 Å². The van der Waals surface area contributed by atoms with E-state index in [0.29, 0.717) is 0 Å². The summed E-state index contributed by atoms with van der Waals surface area (Å²) in [6.45, 7) is 5.85. The van der Waals surface area contributed by atoms with E-state index in [9.17, 15) is 13.2 Å². The number of H-pyrrole nitrogens is 1. The van der Waals surface area contributed by atoms with Crippen LogP contribution >= 0.6 is 10.7 Å². The topological polar surface area (TPSA) is 91.9 Å². The highest BCUT2D eigenvalue weighted by molar-refractivity contribution is 8.13. The lowest BCUT2D eigenvalue weighted by Crippen LogP contribution is -2.41. The van der Waals surface area contributed by atoms with Crippen LogP contribution in [0, 0.1) is 12.3 Å². The number of aryl methyl sites for hydroxylation is 1. The Labute approximate surface area is 129 Å². The summed E-state index contributed by atoms with van der Waals surface area (Å²) in [6, 6.07) is 0.0316. The van der Waals surface area contributed by atoms with Gasteiger partial charge in [0.15, 0.2) is 5.69 Å². The number of carbonyl (C=O) groups excluding carboxylic acids is 1. The highest BCUT2D eigenvalue weighted by Gasteiger charge is 2.32. The molecule has 2 N–H and O–H groups in total. The molecule has 0 radical (unpaired) electrons. The summed E-state index contributed by atoms with van der Waals surface area (Å²) < 4.78 is 23.1. The zero-order valence-electron chi connectivity index (χ0n) is 12.4. The fraction of sp³-hybridized carbons (Fsp3) is 0.692. The molecule has 1 aromatic rings. The van der Waals surface area contributed by atoms with Crippen LogP contribution in [0.25, 0.3) is 0 Å². The second kappa shape index (κ2) is 5.61. The monoisotopic (exact) mass is 333 g/mol. The van der Waals surface area contributed by atoms with Crippen LogP contribution in [0.2, 0.25) is 0 Å². The number of nitrogens with one attached hydrogen (secondary N) is 2. The second-order valence-corrected chi connectivity index (χ2v) is 8.90. The first-order valence-electron chi connectivity index (χ1n) is 6.91. The molecule has 0 spiro atoms. The Balaban J connectivity index is 2.19. The Kier molecular flexibility index (Phi) is 4.35. The van der Waals surface area contributed by atoms with Gasteiger partial charge in [-0.1, -0.05) is 20.3 Å². The molecule has 1 aliphatic carbocycles. The van der Waals surface area contributed by atoms with Crippen LogP contribution in [0.3, 0.4) is 0 Å². The maximum atomic E-state index is 12.3. The Morgan fingerprint density at radius 2 is 2.14 bits per heavy atom. The lowest BCUT2D eigenvalue weighted by atomic mass is 9.75. The smallest absolute Gasteiger partial charge is 0.273 e. The van der Waals surface area contributed by atoms with E-state index in [1.54, 1.807) is 0 Å². The van der Waals surface area contributed by atoms with Gasteiger partial charge >= 0.3 is 0 Å². The van der Waals surface area contributed by atoms with Gasteiger partial charge in [0.2, 0.25) is 0 Å². The van der Waals surface area contributed by atoms with Gasteiger partial charge in [0.1, 0.15) is 4.90 Å². The fourth-order valence-corrected chi connectivity index (χ4v) is 4.29. The predicted octanol–water partition coefficient (Wildman–Crippen LogP) is 2.34. The Morgan fingerprint density at radius 1 is 1.48 bits per heavy atom. The van der Waals surface area contributed by atoms with Crippen LogP contribution in [-0.4, -0.2) is 30.6 Å². The number of nitrogens with zero attached hydrogens (tertiary/aromatic N) is 1. The highest BCUT2D eigenvalue weighted by atomic mass is 35.7. The third-order valence-electron chi connectivity index (χ3n) is 3.89. The molecule has 1 aliphatic rings. The average Bonchev–Trinajstić information content (AvgIpc) is 2.69. The quantitative estimate of drug-likeness (QED) is 0.830. The highest BCUT2D eigenvalue weighted by Crippen LogP contribution is 2.35. The summed E-state index contributed by atoms with van der Waals surface area (Å²) in [4.78, 5) is 12.0. The molecule has 1 aromatic heterocycles. The van der Waals surface area contributed by atoms with Gasteiger partial charge in [0, 0.05) is 16.7 Å². The third-order valence-corrected chi connectivity index (χ3v) is 5.34. The number of halogens is 1. The molecular formula is C13H20ClN3O3S. The van der Waals surface area contributed by atoms with Gasteiger partial charge in [-0.2, -0.15) is 5.10 Å². The summed E-state index contributed by atoms with van der Waals surface area (Å²) in [6.07, 6.45) is 3.92. The number of aromatic nitrogens is 2. The summed E-state index contributed by atoms with van der Waals surface area (Å²) in [5.74, 6) is -0.499. The van der Waals surface area contributed by atoms with E-state index in [-0.39, 0.29) is 27.7 Å². The van der Waals surface area contributed by atoms with E-state index in [4.69, 9.17) is 10.7 Å². The van der Waals surface area contributed by atoms with Crippen molar-refractivity contribution >= 4 is 25.6 Å². The first-order chi connectivity index (χ1) is 9.60. The Morgan fingerprint density at radius 3 is 2.71 bits per heavy atom. The maximum absolute atomic E-state index is 12.3. The standard InChI is InChI=1S/C13H20ClN3O3S/c1-8-11(21(14,19)20)10(17-16-8)12(18)15-9-5-4-6-13(2,3)7-9/h9H,4-7H2,1-3H3,(H,15,18)(H,16,17). The molecule has 0 aromatic carbocycles. The molecular weight excluding hydrogens is 314 g/mol. The van der Waals surface area contributed by atoms with Crippen molar-refractivity contribution in [1.82, 2.24) is 15.5 Å². The van der Waals surface area contributed by atoms with Crippen molar-refractivity contribution in [3.05, 3.63) is 11.4 Å². The van der Waals surface area contributed by atoms with Crippen molar-refractivity contribution < 1.29 is 13.2 Å². The van der Waals surface area contributed by atoms with Crippen molar-refractivity contribution in [1.29, 1.82) is 0 Å². The number of carbonyl (C=O) groups is 1. The van der Waals surface area contributed by atoms with E-state index in [0.717, 1.165) is 25.7 Å². The van der Waals surface area contributed by atoms with Crippen LogP contribution in [-0.2, 0) is 9.05 Å². The van der Waals surface area contributed by atoms with Crippen LogP contribution < -0.4 is 5.32 Å². The van der Waals surface area contributed by atoms with Crippen molar-refractivity contribution in [2.45, 2.75) is 57.4 Å². The van der Waals surface area contributed by atoms with E-state index in [1.807, 2.05) is 0 Å². The van der Waals surface area contributed by atoms with Crippen molar-refractivity contribution in [3.63, 3.8) is 0 Å². The van der Waals surface area contributed by atoms with Crippen LogP contribution in [0.5, 0.6) is 0 Å². The zero-order chi connectivity index (χ0) is 15.8. The molecule has 118 valence electrons. The summed E-state index contributed by atoms with van der Waals surface area (Å²) >= 11 is 0. The molecule has 0 saturated heterocycles. The molecule has 6 nitrogen and oxygen atoms in total. The van der Waals surface area contributed by atoms with Crippen molar-refractivity contribution in [3.8, 4) is 0 Å². The number of rotatable bonds is 3. The fourth-order valence-electron chi connectivity index (χ4n) is 2.95. The van der Waals surface area contributed by atoms with E-state index < -0.39 is 15.0 Å². The molecule has 0 bridgehead atoms. The SMILES string of the molecule is Cc1[nH]nc(C(=O)NC2CCCC(C)(C)C2)c1S(=O)(=O)Cl. The molecule has 21 heavy (non-hydrogen) atoms. The normalized spacial score (nSPS) is 22.0. The summed E-state index contributed by atoms with van der Waals surface area (Å²) in [5.41, 5.74) is 0.281. The summed E-state index contributed by atoms with van der Waals surface area (Å²) in [5, 5.41) is 9.16. The molecule has 1 unspecified atom stereocenters. The average molecular weight is 334 g/mol. The number of hydrogen-bond acceptors (Lipinski definition) is 4. The van der Waals surface area contributed by atoms with Crippen LogP contribution in [0.4, 0.5) is 0 Å². The van der Waals surface area contributed by atoms with Crippen molar-refractivity contribution in [2.24, 2.45) is 5.41 Å². The largest absolute Gasteiger partial charge is 0.348 e. The molecule has 1 heterocycles. The van der Waals surface area contributed by atoms with Gasteiger partial charge in [-0.05, 0) is 31.6 Å². The van der Waals surface area contributed by atoms with Gasteiger partial charge in [-0.15, -0.1) is 0 Å². The molecule has 1 amide bonds. The molecule has 2 rings (SSSR count). The lowest BCUT2D eigenvalue weighted by Gasteiger charge is -2.35. The van der Waals surface area contributed by atoms with Crippen LogP contribution in [0.1, 0.15) is 55.7 Å². The molecule has 8 heteroatoms. The zero-order valence-corrected chi connectivity index (χ0v) is 13.9. The molecule has 1 fully saturated rings. The number of hydrogen-bond donors (Lipinski definition) is 2. The van der Waals surface area contributed by atoms with E-state index in [1.165, 1.54) is 6.92 Å². The predicted molar refractivity (Wildman–Crippen MR) is 79.9 cm³/mol. The minimum Gasteiger partial charge on any atom is -0.348 e. The maximum Gasteiger partial charge on any atom is 0.273 e. The molecule has 1 atom stereocenters. The molecule has 0 aliphatic heterocycles. The van der Waals surface area contributed by atoms with Gasteiger partial charge in [0.05, 0.1) is 5.69 Å². The molecule has 1 saturated carbocycles. The minimum atomic E-state index is -4.01. The Bertz CT molecular complexity index is 652. The van der Waals surface area contributed by atoms with Gasteiger partial charge in [-0.3, -0.25) is 9.89 Å².